The Hall–Kier alpha value is -0.910. The second-order valence-corrected chi connectivity index (χ2v) is 23.0. The summed E-state index contributed by atoms with van der Waals surface area (Å²) in [4.78, 5) is 12.6. The van der Waals surface area contributed by atoms with Gasteiger partial charge in [0.1, 0.15) is 6.10 Å². The summed E-state index contributed by atoms with van der Waals surface area (Å²) in [5, 5.41) is 33.5. The van der Waals surface area contributed by atoms with Crippen molar-refractivity contribution in [2.75, 3.05) is 6.61 Å². The van der Waals surface area contributed by atoms with Crippen LogP contribution in [0.3, 0.4) is 0 Å². The fourth-order valence-electron chi connectivity index (χ4n) is 10.8. The van der Waals surface area contributed by atoms with Gasteiger partial charge in [0.25, 0.3) is 0 Å². The molecule has 0 aromatic heterocycles. The summed E-state index contributed by atoms with van der Waals surface area (Å²) in [6.07, 6.45) is 79.1. The minimum Gasteiger partial charge on any atom is -0.394 e. The quantitative estimate of drug-likeness (QED) is 0.0361. The zero-order valence-electron chi connectivity index (χ0n) is 48.6. The Morgan fingerprint density at radius 1 is 0.338 bits per heavy atom. The van der Waals surface area contributed by atoms with Crippen molar-refractivity contribution in [2.45, 2.75) is 398 Å². The van der Waals surface area contributed by atoms with Gasteiger partial charge in [-0.05, 0) is 19.3 Å². The Morgan fingerprint density at radius 3 is 0.775 bits per heavy atom. The van der Waals surface area contributed by atoms with Crippen LogP contribution in [0.4, 0.5) is 0 Å². The molecule has 0 aromatic carbocycles. The number of aliphatic hydroxyl groups excluding tert-OH is 3. The average molecular weight is 1000 g/mol. The molecule has 0 heterocycles. The van der Waals surface area contributed by atoms with Gasteiger partial charge in [0.05, 0.1) is 18.8 Å². The lowest BCUT2D eigenvalue weighted by Crippen LogP contribution is -2.48. The van der Waals surface area contributed by atoms with Gasteiger partial charge in [-0.25, -0.2) is 0 Å². The highest BCUT2D eigenvalue weighted by atomic mass is 16.3. The molecule has 71 heavy (non-hydrogen) atoms. The number of aliphatic hydroxyl groups is 3. The predicted octanol–water partition coefficient (Wildman–Crippen LogP) is 21.0. The van der Waals surface area contributed by atoms with Crippen molar-refractivity contribution in [3.8, 4) is 0 Å². The fourth-order valence-corrected chi connectivity index (χ4v) is 10.8. The summed E-state index contributed by atoms with van der Waals surface area (Å²) >= 11 is 0. The van der Waals surface area contributed by atoms with E-state index in [4.69, 9.17) is 0 Å². The first-order chi connectivity index (χ1) is 35.1. The lowest BCUT2D eigenvalue weighted by molar-refractivity contribution is -0.131. The number of nitrogens with one attached hydrogen (secondary N) is 1. The maximum Gasteiger partial charge on any atom is 0.249 e. The zero-order chi connectivity index (χ0) is 51.4. The molecule has 5 nitrogen and oxygen atoms in total. The summed E-state index contributed by atoms with van der Waals surface area (Å²) in [5.41, 5.74) is 0. The minimum absolute atomic E-state index is 0.358. The van der Waals surface area contributed by atoms with Gasteiger partial charge < -0.3 is 20.6 Å². The number of carbonyl (C=O) groups excluding carboxylic acids is 1. The van der Waals surface area contributed by atoms with Crippen LogP contribution in [0.2, 0.25) is 0 Å². The lowest BCUT2D eigenvalue weighted by atomic mass is 10.0. The van der Waals surface area contributed by atoms with Gasteiger partial charge in [-0.1, -0.05) is 373 Å². The van der Waals surface area contributed by atoms with Crippen LogP contribution >= 0.6 is 0 Å². The van der Waals surface area contributed by atoms with Gasteiger partial charge in [-0.2, -0.15) is 0 Å². The molecule has 0 radical (unpaired) electrons. The van der Waals surface area contributed by atoms with Crippen LogP contribution in [-0.2, 0) is 4.79 Å². The van der Waals surface area contributed by atoms with E-state index in [9.17, 15) is 20.1 Å². The molecule has 0 aromatic rings. The summed E-state index contributed by atoms with van der Waals surface area (Å²) < 4.78 is 0. The maximum absolute atomic E-state index is 12.6. The molecule has 0 aliphatic rings. The van der Waals surface area contributed by atoms with Crippen LogP contribution in [0.5, 0.6) is 0 Å². The topological polar surface area (TPSA) is 89.8 Å². The Kier molecular flexibility index (Phi) is 60.8. The Morgan fingerprint density at radius 2 is 0.549 bits per heavy atom. The normalized spacial score (nSPS) is 13.1. The van der Waals surface area contributed by atoms with Gasteiger partial charge in [0, 0.05) is 0 Å². The van der Waals surface area contributed by atoms with Crippen molar-refractivity contribution in [1.29, 1.82) is 0 Å². The molecule has 1 amide bonds. The molecule has 0 saturated heterocycles. The summed E-state index contributed by atoms with van der Waals surface area (Å²) in [6, 6.07) is -0.795. The van der Waals surface area contributed by atoms with E-state index in [2.05, 4.69) is 19.2 Å². The summed E-state index contributed by atoms with van der Waals surface area (Å²) in [7, 11) is 0. The van der Waals surface area contributed by atoms with Crippen LogP contribution in [0.25, 0.3) is 0 Å². The van der Waals surface area contributed by atoms with Crippen molar-refractivity contribution in [3.05, 3.63) is 12.2 Å². The van der Waals surface area contributed by atoms with Gasteiger partial charge in [0.2, 0.25) is 5.91 Å². The third-order valence-electron chi connectivity index (χ3n) is 15.9. The zero-order valence-corrected chi connectivity index (χ0v) is 48.6. The molecule has 3 atom stereocenters. The van der Waals surface area contributed by atoms with E-state index in [-0.39, 0.29) is 6.61 Å². The number of amides is 1. The Bertz CT molecular complexity index is 1020. The SMILES string of the molecule is CCCCCCCCCCCCCCCCCCCCCCCCC/C=C/C(O)C(CO)NC(=O)C(O)CCCCCCCCCCCCCCCCCCCCCCCCCCCCCCCCCC. The van der Waals surface area contributed by atoms with Crippen molar-refractivity contribution < 1.29 is 20.1 Å². The number of allylic oxidation sites excluding steroid dienone is 1. The third-order valence-corrected chi connectivity index (χ3v) is 15.9. The van der Waals surface area contributed by atoms with E-state index in [1.54, 1.807) is 6.08 Å². The van der Waals surface area contributed by atoms with Gasteiger partial charge in [-0.3, -0.25) is 4.79 Å². The van der Waals surface area contributed by atoms with Crippen molar-refractivity contribution in [2.24, 2.45) is 0 Å². The second-order valence-electron chi connectivity index (χ2n) is 23.0. The van der Waals surface area contributed by atoms with E-state index in [0.717, 1.165) is 32.1 Å². The standard InChI is InChI=1S/C66H131NO4/c1-3-5-7-9-11-13-15-17-19-21-23-25-27-29-30-31-32-33-34-35-37-39-41-43-45-47-49-51-53-55-57-59-61-65(70)66(71)67-63(62-68)64(69)60-58-56-54-52-50-48-46-44-42-40-38-36-28-26-24-22-20-18-16-14-12-10-8-6-4-2/h58,60,63-65,68-70H,3-57,59,61-62H2,1-2H3,(H,67,71)/b60-58+. The number of unbranched alkanes of at least 4 members (excludes halogenated alkanes) is 54. The molecular formula is C66H131NO4. The Labute approximate surface area is 446 Å². The number of carbonyl (C=O) groups is 1. The van der Waals surface area contributed by atoms with Crippen molar-refractivity contribution in [1.82, 2.24) is 5.32 Å². The smallest absolute Gasteiger partial charge is 0.249 e. The van der Waals surface area contributed by atoms with E-state index in [0.29, 0.717) is 6.42 Å². The van der Waals surface area contributed by atoms with E-state index in [1.807, 2.05) is 6.08 Å². The first kappa shape index (κ1) is 70.1. The van der Waals surface area contributed by atoms with Crippen LogP contribution in [0, 0.1) is 0 Å². The molecule has 0 aliphatic carbocycles. The van der Waals surface area contributed by atoms with Crippen LogP contribution < -0.4 is 5.32 Å². The van der Waals surface area contributed by atoms with Gasteiger partial charge in [-0.15, -0.1) is 0 Å². The monoisotopic (exact) mass is 1000 g/mol. The average Bonchev–Trinajstić information content (AvgIpc) is 3.38. The molecule has 0 fully saturated rings. The fraction of sp³-hybridized carbons (Fsp3) is 0.955. The van der Waals surface area contributed by atoms with Gasteiger partial charge in [0.15, 0.2) is 0 Å². The van der Waals surface area contributed by atoms with E-state index in [1.165, 1.54) is 327 Å². The molecule has 0 spiro atoms. The highest BCUT2D eigenvalue weighted by Gasteiger charge is 2.22. The first-order valence-corrected chi connectivity index (χ1v) is 33.0. The minimum atomic E-state index is -1.09. The highest BCUT2D eigenvalue weighted by Crippen LogP contribution is 2.19. The predicted molar refractivity (Wildman–Crippen MR) is 315 cm³/mol. The molecule has 424 valence electrons. The molecule has 4 N–H and O–H groups in total. The molecule has 0 aliphatic heterocycles. The largest absolute Gasteiger partial charge is 0.394 e. The Balaban J connectivity index is 3.48. The molecular weight excluding hydrogens is 871 g/mol. The lowest BCUT2D eigenvalue weighted by Gasteiger charge is -2.21. The molecule has 0 bridgehead atoms. The second kappa shape index (κ2) is 61.6. The molecule has 5 heteroatoms. The number of rotatable bonds is 62. The van der Waals surface area contributed by atoms with Gasteiger partial charge >= 0.3 is 0 Å². The van der Waals surface area contributed by atoms with Crippen molar-refractivity contribution in [3.63, 3.8) is 0 Å². The maximum atomic E-state index is 12.6. The van der Waals surface area contributed by atoms with Crippen LogP contribution in [0.1, 0.15) is 380 Å². The van der Waals surface area contributed by atoms with Crippen LogP contribution in [-0.4, -0.2) is 46.1 Å². The summed E-state index contributed by atoms with van der Waals surface area (Å²) in [6.45, 7) is 4.24. The number of hydrogen-bond donors (Lipinski definition) is 4. The first-order valence-electron chi connectivity index (χ1n) is 33.0. The van der Waals surface area contributed by atoms with E-state index >= 15 is 0 Å². The van der Waals surface area contributed by atoms with Crippen LogP contribution in [0.15, 0.2) is 12.2 Å². The van der Waals surface area contributed by atoms with E-state index < -0.39 is 24.2 Å². The van der Waals surface area contributed by atoms with Crippen molar-refractivity contribution >= 4 is 5.91 Å². The molecule has 3 unspecified atom stereocenters. The molecule has 0 rings (SSSR count). The molecule has 0 saturated carbocycles. The third kappa shape index (κ3) is 56.7. The summed E-state index contributed by atoms with van der Waals surface area (Å²) in [5.74, 6) is -0.493. The number of hydrogen-bond acceptors (Lipinski definition) is 4. The highest BCUT2D eigenvalue weighted by molar-refractivity contribution is 5.80.